The van der Waals surface area contributed by atoms with Gasteiger partial charge >= 0.3 is 0 Å². The van der Waals surface area contributed by atoms with Gasteiger partial charge < -0.3 is 9.47 Å². The molecule has 0 radical (unpaired) electrons. The molecule has 0 fully saturated rings. The van der Waals surface area contributed by atoms with E-state index in [-0.39, 0.29) is 5.91 Å². The molecule has 0 saturated carbocycles. The normalized spacial score (nSPS) is 14.7. The zero-order chi connectivity index (χ0) is 14.1. The third kappa shape index (κ3) is 2.50. The molecule has 1 aliphatic rings. The smallest absolute Gasteiger partial charge is 0.228 e. The highest BCUT2D eigenvalue weighted by molar-refractivity contribution is 7.10. The second-order valence-corrected chi connectivity index (χ2v) is 6.49. The summed E-state index contributed by atoms with van der Waals surface area (Å²) < 4.78 is 2.18. The molecule has 2 aromatic rings. The number of aromatic nitrogens is 2. The summed E-state index contributed by atoms with van der Waals surface area (Å²) in [5.41, 5.74) is 2.35. The van der Waals surface area contributed by atoms with Crippen molar-refractivity contribution in [1.82, 2.24) is 14.5 Å². The number of thiophene rings is 1. The van der Waals surface area contributed by atoms with Crippen molar-refractivity contribution in [1.29, 1.82) is 0 Å². The minimum absolute atomic E-state index is 0.217. The SMILES string of the molecule is CC(C)n1cnc2c1CN(C(=O)Cc1cccs1)CC2. The van der Waals surface area contributed by atoms with Crippen molar-refractivity contribution in [2.75, 3.05) is 6.54 Å². The summed E-state index contributed by atoms with van der Waals surface area (Å²) >= 11 is 1.65. The van der Waals surface area contributed by atoms with Crippen molar-refractivity contribution in [3.8, 4) is 0 Å². The highest BCUT2D eigenvalue weighted by Crippen LogP contribution is 2.22. The summed E-state index contributed by atoms with van der Waals surface area (Å²) in [7, 11) is 0. The van der Waals surface area contributed by atoms with Crippen LogP contribution in [0.2, 0.25) is 0 Å². The summed E-state index contributed by atoms with van der Waals surface area (Å²) in [4.78, 5) is 20.0. The number of amides is 1. The molecule has 1 amide bonds. The molecule has 0 N–H and O–H groups in total. The first kappa shape index (κ1) is 13.4. The van der Waals surface area contributed by atoms with Gasteiger partial charge in [-0.05, 0) is 25.3 Å². The summed E-state index contributed by atoms with van der Waals surface area (Å²) in [5, 5.41) is 2.02. The first-order valence-electron chi connectivity index (χ1n) is 7.00. The van der Waals surface area contributed by atoms with E-state index in [0.29, 0.717) is 19.0 Å². The van der Waals surface area contributed by atoms with Crippen LogP contribution >= 0.6 is 11.3 Å². The maximum absolute atomic E-state index is 12.4. The highest BCUT2D eigenvalue weighted by Gasteiger charge is 2.25. The fraction of sp³-hybridized carbons (Fsp3) is 0.467. The lowest BCUT2D eigenvalue weighted by Crippen LogP contribution is -2.37. The third-order valence-electron chi connectivity index (χ3n) is 3.76. The van der Waals surface area contributed by atoms with Crippen LogP contribution in [0.1, 0.15) is 36.2 Å². The molecule has 0 unspecified atom stereocenters. The summed E-state index contributed by atoms with van der Waals surface area (Å²) in [5.74, 6) is 0.217. The van der Waals surface area contributed by atoms with E-state index in [1.54, 1.807) is 11.3 Å². The van der Waals surface area contributed by atoms with Crippen molar-refractivity contribution < 1.29 is 4.79 Å². The second-order valence-electron chi connectivity index (χ2n) is 5.46. The van der Waals surface area contributed by atoms with Gasteiger partial charge in [-0.2, -0.15) is 0 Å². The zero-order valence-corrected chi connectivity index (χ0v) is 12.7. The van der Waals surface area contributed by atoms with Crippen LogP contribution in [0.15, 0.2) is 23.8 Å². The summed E-state index contributed by atoms with van der Waals surface area (Å²) in [6.45, 7) is 5.77. The minimum atomic E-state index is 0.217. The van der Waals surface area contributed by atoms with Crippen LogP contribution in [0, 0.1) is 0 Å². The zero-order valence-electron chi connectivity index (χ0n) is 11.9. The van der Waals surface area contributed by atoms with E-state index >= 15 is 0 Å². The molecule has 20 heavy (non-hydrogen) atoms. The number of hydrogen-bond donors (Lipinski definition) is 0. The Labute approximate surface area is 123 Å². The number of carbonyl (C=O) groups is 1. The Balaban J connectivity index is 1.74. The topological polar surface area (TPSA) is 38.1 Å². The van der Waals surface area contributed by atoms with E-state index in [4.69, 9.17) is 0 Å². The third-order valence-corrected chi connectivity index (χ3v) is 4.63. The largest absolute Gasteiger partial charge is 0.336 e. The lowest BCUT2D eigenvalue weighted by molar-refractivity contribution is -0.131. The van der Waals surface area contributed by atoms with Crippen LogP contribution in [0.4, 0.5) is 0 Å². The lowest BCUT2D eigenvalue weighted by Gasteiger charge is -2.28. The predicted molar refractivity (Wildman–Crippen MR) is 79.8 cm³/mol. The maximum atomic E-state index is 12.4. The lowest BCUT2D eigenvalue weighted by atomic mass is 10.1. The van der Waals surface area contributed by atoms with Crippen LogP contribution in [0.3, 0.4) is 0 Å². The molecule has 0 saturated heterocycles. The highest BCUT2D eigenvalue weighted by atomic mass is 32.1. The number of fused-ring (bicyclic) bond motifs is 1. The van der Waals surface area contributed by atoms with E-state index < -0.39 is 0 Å². The minimum Gasteiger partial charge on any atom is -0.336 e. The number of hydrogen-bond acceptors (Lipinski definition) is 3. The number of carbonyl (C=O) groups excluding carboxylic acids is 1. The second kappa shape index (κ2) is 5.40. The van der Waals surface area contributed by atoms with Gasteiger partial charge in [0, 0.05) is 23.9 Å². The maximum Gasteiger partial charge on any atom is 0.228 e. The average molecular weight is 289 g/mol. The van der Waals surface area contributed by atoms with Crippen LogP contribution in [-0.4, -0.2) is 26.9 Å². The fourth-order valence-corrected chi connectivity index (χ4v) is 3.34. The monoisotopic (exact) mass is 289 g/mol. The van der Waals surface area contributed by atoms with Crippen molar-refractivity contribution in [2.24, 2.45) is 0 Å². The van der Waals surface area contributed by atoms with Crippen LogP contribution in [0.5, 0.6) is 0 Å². The average Bonchev–Trinajstić information content (AvgIpc) is 3.06. The van der Waals surface area contributed by atoms with Crippen LogP contribution < -0.4 is 0 Å². The molecule has 0 aliphatic carbocycles. The van der Waals surface area contributed by atoms with E-state index in [9.17, 15) is 4.79 Å². The van der Waals surface area contributed by atoms with E-state index in [2.05, 4.69) is 23.4 Å². The van der Waals surface area contributed by atoms with Crippen LogP contribution in [-0.2, 0) is 24.2 Å². The Bertz CT molecular complexity index is 601. The molecule has 3 rings (SSSR count). The van der Waals surface area contributed by atoms with Gasteiger partial charge in [-0.25, -0.2) is 4.98 Å². The Morgan fingerprint density at radius 1 is 1.50 bits per heavy atom. The molecule has 5 heteroatoms. The van der Waals surface area contributed by atoms with Crippen molar-refractivity contribution in [3.63, 3.8) is 0 Å². The van der Waals surface area contributed by atoms with Gasteiger partial charge in [-0.15, -0.1) is 11.3 Å². The number of imidazole rings is 1. The van der Waals surface area contributed by atoms with Gasteiger partial charge in [0.15, 0.2) is 0 Å². The molecule has 2 aromatic heterocycles. The Morgan fingerprint density at radius 2 is 2.35 bits per heavy atom. The van der Waals surface area contributed by atoms with Crippen molar-refractivity contribution in [3.05, 3.63) is 40.1 Å². The Hall–Kier alpha value is -1.62. The molecule has 4 nitrogen and oxygen atoms in total. The molecule has 0 bridgehead atoms. The summed E-state index contributed by atoms with van der Waals surface area (Å²) in [6.07, 6.45) is 3.29. The van der Waals surface area contributed by atoms with E-state index in [1.807, 2.05) is 28.7 Å². The van der Waals surface area contributed by atoms with Gasteiger partial charge in [0.25, 0.3) is 0 Å². The van der Waals surface area contributed by atoms with Gasteiger partial charge in [0.1, 0.15) is 0 Å². The number of nitrogens with zero attached hydrogens (tertiary/aromatic N) is 3. The molecular formula is C15H19N3OS. The standard InChI is InChI=1S/C15H19N3OS/c1-11(2)18-10-16-13-5-6-17(9-14(13)18)15(19)8-12-4-3-7-20-12/h3-4,7,10-11H,5-6,8-9H2,1-2H3. The van der Waals surface area contributed by atoms with E-state index in [0.717, 1.165) is 23.5 Å². The Kier molecular flexibility index (Phi) is 3.61. The molecule has 1 aliphatic heterocycles. The number of rotatable bonds is 3. The first-order chi connectivity index (χ1) is 9.65. The molecular weight excluding hydrogens is 270 g/mol. The molecule has 0 aromatic carbocycles. The fourth-order valence-electron chi connectivity index (χ4n) is 2.64. The van der Waals surface area contributed by atoms with Crippen molar-refractivity contribution >= 4 is 17.2 Å². The first-order valence-corrected chi connectivity index (χ1v) is 7.88. The van der Waals surface area contributed by atoms with Gasteiger partial charge in [-0.3, -0.25) is 4.79 Å². The molecule has 0 atom stereocenters. The van der Waals surface area contributed by atoms with Crippen molar-refractivity contribution in [2.45, 2.75) is 39.3 Å². The molecule has 0 spiro atoms. The van der Waals surface area contributed by atoms with Gasteiger partial charge in [0.05, 0.1) is 30.7 Å². The molecule has 106 valence electrons. The summed E-state index contributed by atoms with van der Waals surface area (Å²) in [6, 6.07) is 4.41. The van der Waals surface area contributed by atoms with Crippen LogP contribution in [0.25, 0.3) is 0 Å². The van der Waals surface area contributed by atoms with E-state index in [1.165, 1.54) is 5.69 Å². The van der Waals surface area contributed by atoms with Gasteiger partial charge in [0.2, 0.25) is 5.91 Å². The molecule has 3 heterocycles. The Morgan fingerprint density at radius 3 is 3.05 bits per heavy atom. The predicted octanol–water partition coefficient (Wildman–Crippen LogP) is 2.65. The van der Waals surface area contributed by atoms with Gasteiger partial charge in [-0.1, -0.05) is 6.07 Å². The quantitative estimate of drug-likeness (QED) is 0.871.